The third-order valence-corrected chi connectivity index (χ3v) is 6.27. The third-order valence-electron chi connectivity index (χ3n) is 4.36. The molecule has 0 N–H and O–H groups in total. The maximum atomic E-state index is 13.3. The first-order chi connectivity index (χ1) is 11.1. The summed E-state index contributed by atoms with van der Waals surface area (Å²) in [5, 5.41) is 3.92. The zero-order valence-corrected chi connectivity index (χ0v) is 13.9. The molecule has 130 valence electrons. The van der Waals surface area contributed by atoms with Gasteiger partial charge in [-0.25, -0.2) is 8.42 Å². The number of benzene rings is 1. The molecule has 2 aromatic rings. The van der Waals surface area contributed by atoms with E-state index in [2.05, 4.69) is 5.10 Å². The molecule has 9 heteroatoms. The summed E-state index contributed by atoms with van der Waals surface area (Å²) in [6, 6.07) is 5.78. The number of aryl methyl sites for hydroxylation is 1. The lowest BCUT2D eigenvalue weighted by Gasteiger charge is -2.35. The van der Waals surface area contributed by atoms with Gasteiger partial charge in [-0.2, -0.15) is 18.3 Å². The van der Waals surface area contributed by atoms with Gasteiger partial charge in [0.2, 0.25) is 0 Å². The molecular weight excluding hydrogens is 343 g/mol. The Labute approximate surface area is 137 Å². The maximum Gasteiger partial charge on any atom is 0.395 e. The number of sulfonamides is 1. The van der Waals surface area contributed by atoms with Crippen molar-refractivity contribution in [3.05, 3.63) is 41.7 Å². The summed E-state index contributed by atoms with van der Waals surface area (Å²) in [6.45, 7) is 1.38. The molecule has 0 amide bonds. The highest BCUT2D eigenvalue weighted by Crippen LogP contribution is 2.46. The van der Waals surface area contributed by atoms with Crippen molar-refractivity contribution in [3.63, 3.8) is 0 Å². The summed E-state index contributed by atoms with van der Waals surface area (Å²) in [7, 11) is -2.36. The van der Waals surface area contributed by atoms with Crippen molar-refractivity contribution in [2.75, 3.05) is 10.8 Å². The minimum atomic E-state index is -4.41. The molecule has 0 saturated carbocycles. The van der Waals surface area contributed by atoms with Gasteiger partial charge in [-0.05, 0) is 25.0 Å². The fraction of sp³-hybridized carbons (Fsp3) is 0.400. The summed E-state index contributed by atoms with van der Waals surface area (Å²) in [6.07, 6.45) is -3.49. The Balaban J connectivity index is 2.12. The topological polar surface area (TPSA) is 55.2 Å². The van der Waals surface area contributed by atoms with Crippen molar-refractivity contribution in [1.29, 1.82) is 0 Å². The Morgan fingerprint density at radius 1 is 1.25 bits per heavy atom. The summed E-state index contributed by atoms with van der Waals surface area (Å²) < 4.78 is 68.1. The highest BCUT2D eigenvalue weighted by atomic mass is 32.2. The molecule has 1 aromatic heterocycles. The SMILES string of the molecule is Cc1c(S(=O)(=O)N2CCC(C(F)(F)F)c3ccccc32)cnn1C. The van der Waals surface area contributed by atoms with Gasteiger partial charge < -0.3 is 0 Å². The predicted octanol–water partition coefficient (Wildman–Crippen LogP) is 2.97. The van der Waals surface area contributed by atoms with Crippen LogP contribution in [0.4, 0.5) is 18.9 Å². The lowest BCUT2D eigenvalue weighted by atomic mass is 9.90. The van der Waals surface area contributed by atoms with Crippen LogP contribution in [0.15, 0.2) is 35.4 Å². The fourth-order valence-corrected chi connectivity index (χ4v) is 4.67. The van der Waals surface area contributed by atoms with Gasteiger partial charge in [0.05, 0.1) is 23.5 Å². The fourth-order valence-electron chi connectivity index (χ4n) is 2.97. The Bertz CT molecular complexity index is 874. The molecule has 0 spiro atoms. The smallest absolute Gasteiger partial charge is 0.272 e. The Morgan fingerprint density at radius 3 is 2.50 bits per heavy atom. The highest BCUT2D eigenvalue weighted by molar-refractivity contribution is 7.92. The second kappa shape index (κ2) is 5.51. The number of rotatable bonds is 2. The Morgan fingerprint density at radius 2 is 1.92 bits per heavy atom. The van der Waals surface area contributed by atoms with E-state index in [4.69, 9.17) is 0 Å². The zero-order valence-electron chi connectivity index (χ0n) is 13.1. The monoisotopic (exact) mass is 359 g/mol. The van der Waals surface area contributed by atoms with Crippen molar-refractivity contribution in [2.24, 2.45) is 7.05 Å². The van der Waals surface area contributed by atoms with E-state index in [1.807, 2.05) is 0 Å². The van der Waals surface area contributed by atoms with E-state index in [0.29, 0.717) is 5.69 Å². The molecule has 1 aliphatic heterocycles. The quantitative estimate of drug-likeness (QED) is 0.828. The van der Waals surface area contributed by atoms with E-state index in [9.17, 15) is 21.6 Å². The molecule has 0 aliphatic carbocycles. The molecule has 1 aliphatic rings. The average molecular weight is 359 g/mol. The highest BCUT2D eigenvalue weighted by Gasteiger charge is 2.46. The maximum absolute atomic E-state index is 13.3. The lowest BCUT2D eigenvalue weighted by molar-refractivity contribution is -0.151. The molecule has 0 fully saturated rings. The van der Waals surface area contributed by atoms with Crippen LogP contribution >= 0.6 is 0 Å². The number of aromatic nitrogens is 2. The van der Waals surface area contributed by atoms with Crippen LogP contribution < -0.4 is 4.31 Å². The second-order valence-corrected chi connectivity index (χ2v) is 7.57. The van der Waals surface area contributed by atoms with Gasteiger partial charge in [0.25, 0.3) is 10.0 Å². The third kappa shape index (κ3) is 2.56. The number of hydrogen-bond donors (Lipinski definition) is 0. The minimum Gasteiger partial charge on any atom is -0.272 e. The standard InChI is InChI=1S/C15H16F3N3O2S/c1-10-14(9-19-20(10)2)24(22,23)21-8-7-12(15(16,17)18)11-5-3-4-6-13(11)21/h3-6,9,12H,7-8H2,1-2H3. The number of hydrogen-bond acceptors (Lipinski definition) is 3. The van der Waals surface area contributed by atoms with E-state index in [-0.39, 0.29) is 29.1 Å². The average Bonchev–Trinajstić information content (AvgIpc) is 2.85. The van der Waals surface area contributed by atoms with Crippen LogP contribution in [0.2, 0.25) is 0 Å². The molecule has 1 atom stereocenters. The van der Waals surface area contributed by atoms with Crippen LogP contribution in [0.1, 0.15) is 23.6 Å². The molecule has 1 unspecified atom stereocenters. The van der Waals surface area contributed by atoms with Crippen LogP contribution in [0.3, 0.4) is 0 Å². The van der Waals surface area contributed by atoms with Crippen molar-refractivity contribution in [1.82, 2.24) is 9.78 Å². The lowest BCUT2D eigenvalue weighted by Crippen LogP contribution is -2.39. The van der Waals surface area contributed by atoms with Gasteiger partial charge in [0.1, 0.15) is 4.90 Å². The largest absolute Gasteiger partial charge is 0.395 e. The molecule has 5 nitrogen and oxygen atoms in total. The van der Waals surface area contributed by atoms with Crippen LogP contribution in [0.25, 0.3) is 0 Å². The van der Waals surface area contributed by atoms with Crippen LogP contribution in [-0.4, -0.2) is 30.9 Å². The molecule has 0 bridgehead atoms. The normalized spacial score (nSPS) is 18.5. The first-order valence-corrected chi connectivity index (χ1v) is 8.75. The van der Waals surface area contributed by atoms with Crippen LogP contribution in [0.5, 0.6) is 0 Å². The summed E-state index contributed by atoms with van der Waals surface area (Å²) in [5.41, 5.74) is 0.501. The first kappa shape index (κ1) is 16.8. The van der Waals surface area contributed by atoms with Crippen molar-refractivity contribution in [3.8, 4) is 0 Å². The number of nitrogens with zero attached hydrogens (tertiary/aromatic N) is 3. The van der Waals surface area contributed by atoms with E-state index in [0.717, 1.165) is 4.31 Å². The Kier molecular flexibility index (Phi) is 3.86. The number of alkyl halides is 3. The molecule has 0 saturated heterocycles. The van der Waals surface area contributed by atoms with E-state index in [1.54, 1.807) is 14.0 Å². The summed E-state index contributed by atoms with van der Waals surface area (Å²) >= 11 is 0. The van der Waals surface area contributed by atoms with Gasteiger partial charge >= 0.3 is 6.18 Å². The molecule has 3 rings (SSSR count). The van der Waals surface area contributed by atoms with Crippen LogP contribution in [0, 0.1) is 6.92 Å². The summed E-state index contributed by atoms with van der Waals surface area (Å²) in [5.74, 6) is -1.66. The van der Waals surface area contributed by atoms with E-state index >= 15 is 0 Å². The van der Waals surface area contributed by atoms with Gasteiger partial charge in [-0.3, -0.25) is 8.99 Å². The van der Waals surface area contributed by atoms with E-state index in [1.165, 1.54) is 35.1 Å². The minimum absolute atomic E-state index is 0.00487. The van der Waals surface area contributed by atoms with Gasteiger partial charge in [-0.15, -0.1) is 0 Å². The van der Waals surface area contributed by atoms with Crippen LogP contribution in [-0.2, 0) is 17.1 Å². The Hall–Kier alpha value is -2.03. The first-order valence-electron chi connectivity index (χ1n) is 7.31. The molecule has 1 aromatic carbocycles. The van der Waals surface area contributed by atoms with Crippen molar-refractivity contribution >= 4 is 15.7 Å². The number of fused-ring (bicyclic) bond motifs is 1. The van der Waals surface area contributed by atoms with Gasteiger partial charge in [0.15, 0.2) is 0 Å². The summed E-state index contributed by atoms with van der Waals surface area (Å²) in [4.78, 5) is 0.00487. The molecule has 0 radical (unpaired) electrons. The molecule has 24 heavy (non-hydrogen) atoms. The number of halogens is 3. The predicted molar refractivity (Wildman–Crippen MR) is 82.3 cm³/mol. The second-order valence-electron chi connectivity index (χ2n) is 5.74. The van der Waals surface area contributed by atoms with Gasteiger partial charge in [0, 0.05) is 13.6 Å². The molecular formula is C15H16F3N3O2S. The zero-order chi connectivity index (χ0) is 17.7. The van der Waals surface area contributed by atoms with Gasteiger partial charge in [-0.1, -0.05) is 18.2 Å². The van der Waals surface area contributed by atoms with Crippen molar-refractivity contribution in [2.45, 2.75) is 30.3 Å². The van der Waals surface area contributed by atoms with E-state index < -0.39 is 22.1 Å². The number of para-hydroxylation sites is 1. The number of anilines is 1. The van der Waals surface area contributed by atoms with Crippen molar-refractivity contribution < 1.29 is 21.6 Å². The molecule has 2 heterocycles.